The van der Waals surface area contributed by atoms with Gasteiger partial charge in [0.2, 0.25) is 0 Å². The number of rotatable bonds is 11. The highest BCUT2D eigenvalue weighted by Gasteiger charge is 2.16. The van der Waals surface area contributed by atoms with Gasteiger partial charge in [-0.25, -0.2) is 9.07 Å². The van der Waals surface area contributed by atoms with Crippen molar-refractivity contribution < 1.29 is 23.4 Å². The summed E-state index contributed by atoms with van der Waals surface area (Å²) in [4.78, 5) is 16.7. The summed E-state index contributed by atoms with van der Waals surface area (Å²) in [5.74, 6) is 0.372. The lowest BCUT2D eigenvalue weighted by Gasteiger charge is -2.09. The van der Waals surface area contributed by atoms with E-state index in [2.05, 4.69) is 15.4 Å². The Hall–Kier alpha value is -4.24. The van der Waals surface area contributed by atoms with E-state index in [0.717, 1.165) is 0 Å². The van der Waals surface area contributed by atoms with Crippen molar-refractivity contribution in [1.82, 2.24) is 14.8 Å². The number of ether oxygens (including phenoxy) is 3. The van der Waals surface area contributed by atoms with Gasteiger partial charge in [-0.2, -0.15) is 4.98 Å². The Balaban J connectivity index is 1.48. The van der Waals surface area contributed by atoms with Gasteiger partial charge in [0.15, 0.2) is 12.4 Å². The fraction of sp³-hybridized carbons (Fsp3) is 0.192. The maximum absolute atomic E-state index is 13.9. The van der Waals surface area contributed by atoms with Crippen molar-refractivity contribution in [3.63, 3.8) is 0 Å². The number of benzene rings is 3. The van der Waals surface area contributed by atoms with E-state index in [4.69, 9.17) is 14.2 Å². The van der Waals surface area contributed by atoms with Crippen molar-refractivity contribution in [2.45, 2.75) is 6.92 Å². The molecule has 1 amide bonds. The van der Waals surface area contributed by atoms with E-state index >= 15 is 0 Å². The van der Waals surface area contributed by atoms with E-state index in [1.165, 1.54) is 12.1 Å². The summed E-state index contributed by atoms with van der Waals surface area (Å²) < 4.78 is 31.8. The fourth-order valence-corrected chi connectivity index (χ4v) is 3.23. The molecule has 8 nitrogen and oxygen atoms in total. The van der Waals surface area contributed by atoms with Crippen LogP contribution in [0.4, 0.5) is 10.1 Å². The van der Waals surface area contributed by atoms with Gasteiger partial charge >= 0.3 is 6.01 Å². The van der Waals surface area contributed by atoms with Crippen LogP contribution in [0.25, 0.3) is 17.1 Å². The van der Waals surface area contributed by atoms with Gasteiger partial charge in [0, 0.05) is 17.9 Å². The first-order valence-electron chi connectivity index (χ1n) is 11.1. The average molecular weight is 477 g/mol. The normalized spacial score (nSPS) is 10.7. The Morgan fingerprint density at radius 3 is 2.51 bits per heavy atom. The van der Waals surface area contributed by atoms with Gasteiger partial charge < -0.3 is 19.5 Å². The molecule has 1 aromatic heterocycles. The first kappa shape index (κ1) is 23.9. The molecule has 0 aliphatic rings. The van der Waals surface area contributed by atoms with Gasteiger partial charge in [-0.1, -0.05) is 30.3 Å². The summed E-state index contributed by atoms with van der Waals surface area (Å²) >= 11 is 0. The van der Waals surface area contributed by atoms with Crippen LogP contribution in [-0.2, 0) is 9.53 Å². The summed E-state index contributed by atoms with van der Waals surface area (Å²) in [5.41, 5.74) is 1.80. The molecule has 1 N–H and O–H groups in total. The van der Waals surface area contributed by atoms with Gasteiger partial charge in [0.05, 0.1) is 12.3 Å². The lowest BCUT2D eigenvalue weighted by Crippen LogP contribution is -2.20. The van der Waals surface area contributed by atoms with Crippen molar-refractivity contribution >= 4 is 11.6 Å². The number of hydrogen-bond acceptors (Lipinski definition) is 6. The number of para-hydroxylation sites is 1. The first-order valence-corrected chi connectivity index (χ1v) is 11.1. The molecular formula is C26H25FN4O4. The van der Waals surface area contributed by atoms with Crippen LogP contribution in [-0.4, -0.2) is 47.1 Å². The van der Waals surface area contributed by atoms with Gasteiger partial charge in [-0.3, -0.25) is 4.79 Å². The second kappa shape index (κ2) is 11.8. The zero-order valence-electron chi connectivity index (χ0n) is 19.2. The predicted octanol–water partition coefficient (Wildman–Crippen LogP) is 4.51. The smallest absolute Gasteiger partial charge is 0.336 e. The Labute approximate surface area is 202 Å². The molecule has 9 heteroatoms. The van der Waals surface area contributed by atoms with Crippen LogP contribution < -0.4 is 14.8 Å². The van der Waals surface area contributed by atoms with Crippen molar-refractivity contribution in [2.24, 2.45) is 0 Å². The number of nitrogens with one attached hydrogen (secondary N) is 1. The predicted molar refractivity (Wildman–Crippen MR) is 129 cm³/mol. The lowest BCUT2D eigenvalue weighted by molar-refractivity contribution is -0.118. The largest absolute Gasteiger partial charge is 0.484 e. The van der Waals surface area contributed by atoms with E-state index in [-0.39, 0.29) is 30.9 Å². The Kier molecular flexibility index (Phi) is 8.03. The minimum absolute atomic E-state index is 0.110. The number of nitrogens with zero attached hydrogens (tertiary/aromatic N) is 3. The average Bonchev–Trinajstić information content (AvgIpc) is 3.31. The second-order valence-corrected chi connectivity index (χ2v) is 7.38. The van der Waals surface area contributed by atoms with Crippen molar-refractivity contribution in [2.75, 3.05) is 31.7 Å². The Morgan fingerprint density at radius 1 is 0.971 bits per heavy atom. The molecular weight excluding hydrogens is 451 g/mol. The number of amides is 1. The Morgan fingerprint density at radius 2 is 1.77 bits per heavy atom. The van der Waals surface area contributed by atoms with Gasteiger partial charge in [-0.05, 0) is 55.5 Å². The topological polar surface area (TPSA) is 87.5 Å². The van der Waals surface area contributed by atoms with Crippen LogP contribution in [0.5, 0.6) is 11.8 Å². The van der Waals surface area contributed by atoms with E-state index in [9.17, 15) is 9.18 Å². The second-order valence-electron chi connectivity index (χ2n) is 7.38. The van der Waals surface area contributed by atoms with Gasteiger partial charge in [0.1, 0.15) is 18.2 Å². The number of carbonyl (C=O) groups is 1. The lowest BCUT2D eigenvalue weighted by atomic mass is 10.2. The van der Waals surface area contributed by atoms with Crippen LogP contribution in [0.1, 0.15) is 6.92 Å². The van der Waals surface area contributed by atoms with Crippen molar-refractivity contribution in [3.8, 4) is 28.8 Å². The summed E-state index contributed by atoms with van der Waals surface area (Å²) in [7, 11) is 0. The molecule has 0 spiro atoms. The van der Waals surface area contributed by atoms with Crippen LogP contribution in [0, 0.1) is 5.82 Å². The van der Waals surface area contributed by atoms with E-state index < -0.39 is 0 Å². The summed E-state index contributed by atoms with van der Waals surface area (Å²) in [5, 5.41) is 7.23. The van der Waals surface area contributed by atoms with E-state index in [1.54, 1.807) is 53.2 Å². The molecule has 1 heterocycles. The molecule has 0 saturated heterocycles. The molecule has 0 aliphatic heterocycles. The van der Waals surface area contributed by atoms with E-state index in [1.807, 2.05) is 25.1 Å². The molecule has 0 unspecified atom stereocenters. The maximum atomic E-state index is 13.9. The molecule has 0 saturated carbocycles. The zero-order chi connectivity index (χ0) is 24.5. The number of aromatic nitrogens is 3. The molecule has 0 aliphatic carbocycles. The van der Waals surface area contributed by atoms with Crippen LogP contribution in [0.15, 0.2) is 78.9 Å². The van der Waals surface area contributed by atoms with Gasteiger partial charge in [0.25, 0.3) is 5.91 Å². The molecule has 35 heavy (non-hydrogen) atoms. The third-order valence-electron chi connectivity index (χ3n) is 4.84. The van der Waals surface area contributed by atoms with Gasteiger partial charge in [-0.15, -0.1) is 5.10 Å². The number of carbonyl (C=O) groups excluding carboxylic acids is 1. The summed E-state index contributed by atoms with van der Waals surface area (Å²) in [6, 6.07) is 22.4. The van der Waals surface area contributed by atoms with Crippen molar-refractivity contribution in [3.05, 3.63) is 84.7 Å². The highest BCUT2D eigenvalue weighted by atomic mass is 19.1. The molecule has 180 valence electrons. The van der Waals surface area contributed by atoms with Crippen LogP contribution >= 0.6 is 0 Å². The van der Waals surface area contributed by atoms with Crippen molar-refractivity contribution in [1.29, 1.82) is 0 Å². The fourth-order valence-electron chi connectivity index (χ4n) is 3.23. The zero-order valence-corrected chi connectivity index (χ0v) is 19.2. The Bertz CT molecular complexity index is 1250. The highest BCUT2D eigenvalue weighted by Crippen LogP contribution is 2.25. The summed E-state index contributed by atoms with van der Waals surface area (Å²) in [6.45, 7) is 3.07. The summed E-state index contributed by atoms with van der Waals surface area (Å²) in [6.07, 6.45) is 0. The molecule has 4 aromatic rings. The first-order chi connectivity index (χ1) is 17.1. The number of halogens is 1. The highest BCUT2D eigenvalue weighted by molar-refractivity contribution is 5.91. The molecule has 3 aromatic carbocycles. The third-order valence-corrected chi connectivity index (χ3v) is 4.84. The molecule has 0 atom stereocenters. The monoisotopic (exact) mass is 476 g/mol. The van der Waals surface area contributed by atoms with E-state index in [0.29, 0.717) is 41.7 Å². The molecule has 4 rings (SSSR count). The third kappa shape index (κ3) is 6.64. The SMILES string of the molecule is CCOCCOc1nc(-c2cccc(F)c2)n(-c2ccc(NC(=O)COc3ccccc3)cc2)n1. The molecule has 0 radical (unpaired) electrons. The minimum Gasteiger partial charge on any atom is -0.484 e. The number of hydrogen-bond donors (Lipinski definition) is 1. The van der Waals surface area contributed by atoms with Crippen LogP contribution in [0.3, 0.4) is 0 Å². The van der Waals surface area contributed by atoms with Crippen LogP contribution in [0.2, 0.25) is 0 Å². The molecule has 0 bridgehead atoms. The quantitative estimate of drug-likeness (QED) is 0.321. The number of anilines is 1. The maximum Gasteiger partial charge on any atom is 0.336 e. The minimum atomic E-state index is -0.383. The molecule has 0 fully saturated rings. The standard InChI is InChI=1S/C26H25FN4O4/c1-2-33-15-16-34-26-29-25(19-7-6-8-20(27)17-19)31(30-26)22-13-11-21(12-14-22)28-24(32)18-35-23-9-4-3-5-10-23/h3-14,17H,2,15-16,18H2,1H3,(H,28,32).